The predicted octanol–water partition coefficient (Wildman–Crippen LogP) is 6.99. The molecule has 0 amide bonds. The summed E-state index contributed by atoms with van der Waals surface area (Å²) < 4.78 is 24.2. The van der Waals surface area contributed by atoms with E-state index in [2.05, 4.69) is 33.9 Å². The van der Waals surface area contributed by atoms with Crippen molar-refractivity contribution in [2.45, 2.75) is 154 Å². The van der Waals surface area contributed by atoms with E-state index < -0.39 is 8.32 Å². The Kier molecular flexibility index (Phi) is 13.4. The van der Waals surface area contributed by atoms with E-state index in [0.717, 1.165) is 64.4 Å². The van der Waals surface area contributed by atoms with Gasteiger partial charge in [-0.2, -0.15) is 0 Å². The topological polar surface area (TPSA) is 74.2 Å². The molecular weight excluding hydrogens is 472 g/mol. The van der Waals surface area contributed by atoms with Crippen molar-refractivity contribution in [3.63, 3.8) is 0 Å². The molecule has 0 aromatic heterocycles. The zero-order chi connectivity index (χ0) is 26.8. The molecule has 2 rings (SSSR count). The van der Waals surface area contributed by atoms with Gasteiger partial charge in [-0.05, 0) is 70.0 Å². The maximum Gasteiger partial charge on any atom is 0.306 e. The second-order valence-corrected chi connectivity index (χ2v) is 17.7. The lowest BCUT2D eigenvalue weighted by Crippen LogP contribution is -2.44. The Morgan fingerprint density at radius 3 is 2.31 bits per heavy atom. The van der Waals surface area contributed by atoms with E-state index in [-0.39, 0.29) is 47.4 Å². The van der Waals surface area contributed by atoms with Crippen LogP contribution < -0.4 is 0 Å². The first-order chi connectivity index (χ1) is 16.9. The van der Waals surface area contributed by atoms with Crippen molar-refractivity contribution in [2.24, 2.45) is 11.8 Å². The fourth-order valence-electron chi connectivity index (χ4n) is 5.16. The summed E-state index contributed by atoms with van der Waals surface area (Å²) >= 11 is 0. The Bertz CT molecular complexity index is 626. The largest absolute Gasteiger partial charge is 0.463 e. The summed E-state index contributed by atoms with van der Waals surface area (Å²) in [7, 11) is -1.88. The van der Waals surface area contributed by atoms with Crippen molar-refractivity contribution >= 4 is 14.3 Å². The number of aliphatic hydroxyl groups is 1. The summed E-state index contributed by atoms with van der Waals surface area (Å²) in [5, 5.41) is 11.2. The Morgan fingerprint density at radius 2 is 1.69 bits per heavy atom. The van der Waals surface area contributed by atoms with Gasteiger partial charge in [0.2, 0.25) is 0 Å². The third-order valence-electron chi connectivity index (χ3n) is 8.44. The van der Waals surface area contributed by atoms with Gasteiger partial charge >= 0.3 is 5.97 Å². The van der Waals surface area contributed by atoms with Crippen LogP contribution in [-0.4, -0.2) is 57.2 Å². The molecule has 0 spiro atoms. The van der Waals surface area contributed by atoms with Gasteiger partial charge in [-0.15, -0.1) is 0 Å². The van der Waals surface area contributed by atoms with E-state index in [0.29, 0.717) is 19.4 Å². The smallest absolute Gasteiger partial charge is 0.306 e. The van der Waals surface area contributed by atoms with Crippen LogP contribution in [0.4, 0.5) is 0 Å². The van der Waals surface area contributed by atoms with Crippen LogP contribution in [0.5, 0.6) is 0 Å². The molecule has 1 aliphatic heterocycles. The van der Waals surface area contributed by atoms with Crippen LogP contribution >= 0.6 is 0 Å². The fraction of sp³-hybridized carbons (Fsp3) is 0.966. The lowest BCUT2D eigenvalue weighted by Gasteiger charge is -2.38. The van der Waals surface area contributed by atoms with E-state index in [1.54, 1.807) is 0 Å². The SMILES string of the molecule is CC(C)OC(=O)CCCCCCCCC1C(O)CC(OC2CCCCO2)[C@@H]1CO[Si](C)(C)C(C)(C)C. The highest BCUT2D eigenvalue weighted by atomic mass is 28.4. The molecule has 4 unspecified atom stereocenters. The first-order valence-corrected chi connectivity index (χ1v) is 17.6. The maximum atomic E-state index is 11.6. The normalized spacial score (nSPS) is 27.5. The number of aliphatic hydroxyl groups excluding tert-OH is 1. The molecule has 0 aromatic rings. The van der Waals surface area contributed by atoms with Crippen molar-refractivity contribution < 1.29 is 28.5 Å². The molecule has 1 saturated carbocycles. The number of rotatable bonds is 15. The van der Waals surface area contributed by atoms with E-state index in [1.807, 2.05) is 13.8 Å². The van der Waals surface area contributed by atoms with Crippen LogP contribution in [0.3, 0.4) is 0 Å². The van der Waals surface area contributed by atoms with Crippen molar-refractivity contribution in [3.05, 3.63) is 0 Å². The van der Waals surface area contributed by atoms with E-state index in [9.17, 15) is 9.90 Å². The molecule has 2 aliphatic rings. The number of carbonyl (C=O) groups excluding carboxylic acids is 1. The first-order valence-electron chi connectivity index (χ1n) is 14.7. The second kappa shape index (κ2) is 15.2. The van der Waals surface area contributed by atoms with Crippen molar-refractivity contribution in [3.8, 4) is 0 Å². The molecule has 0 radical (unpaired) electrons. The van der Waals surface area contributed by atoms with Crippen molar-refractivity contribution in [1.29, 1.82) is 0 Å². The number of ether oxygens (including phenoxy) is 3. The summed E-state index contributed by atoms with van der Waals surface area (Å²) in [6.45, 7) is 16.6. The van der Waals surface area contributed by atoms with Crippen LogP contribution in [-0.2, 0) is 23.4 Å². The summed E-state index contributed by atoms with van der Waals surface area (Å²) in [5.41, 5.74) is 0. The minimum absolute atomic E-state index is 0.00321. The quantitative estimate of drug-likeness (QED) is 0.140. The van der Waals surface area contributed by atoms with E-state index in [4.69, 9.17) is 18.6 Å². The van der Waals surface area contributed by atoms with Crippen LogP contribution in [0.1, 0.15) is 112 Å². The van der Waals surface area contributed by atoms with E-state index in [1.165, 1.54) is 6.42 Å². The Labute approximate surface area is 222 Å². The van der Waals surface area contributed by atoms with Gasteiger partial charge in [0.1, 0.15) is 0 Å². The molecule has 0 bridgehead atoms. The highest BCUT2D eigenvalue weighted by molar-refractivity contribution is 6.74. The molecule has 1 saturated heterocycles. The second-order valence-electron chi connectivity index (χ2n) is 12.9. The summed E-state index contributed by atoms with van der Waals surface area (Å²) in [5.74, 6) is 0.349. The Hall–Kier alpha value is -0.473. The van der Waals surface area contributed by atoms with Gasteiger partial charge in [-0.1, -0.05) is 52.9 Å². The van der Waals surface area contributed by atoms with E-state index >= 15 is 0 Å². The molecule has 5 atom stereocenters. The standard InChI is InChI=1S/C29H56O6Si/c1-22(2)34-27(31)17-13-11-9-8-10-12-16-23-24(21-33-36(6,7)29(3,4)5)26(20-25(23)30)35-28-18-14-15-19-32-28/h22-26,28,30H,8-21H2,1-7H3/t23?,24-,25?,26?,28?/m1/s1. The van der Waals surface area contributed by atoms with Crippen LogP contribution in [0.25, 0.3) is 0 Å². The number of esters is 1. The lowest BCUT2D eigenvalue weighted by atomic mass is 9.89. The summed E-state index contributed by atoms with van der Waals surface area (Å²) in [6.07, 6.45) is 11.5. The molecule has 1 heterocycles. The molecule has 0 aromatic carbocycles. The lowest BCUT2D eigenvalue weighted by molar-refractivity contribution is -0.197. The van der Waals surface area contributed by atoms with Gasteiger partial charge in [-0.25, -0.2) is 0 Å². The van der Waals surface area contributed by atoms with Crippen LogP contribution in [0.15, 0.2) is 0 Å². The zero-order valence-electron chi connectivity index (χ0n) is 24.4. The molecule has 2 fully saturated rings. The molecule has 212 valence electrons. The third kappa shape index (κ3) is 10.7. The predicted molar refractivity (Wildman–Crippen MR) is 147 cm³/mol. The molecule has 36 heavy (non-hydrogen) atoms. The number of unbranched alkanes of at least 4 members (excludes halogenated alkanes) is 5. The molecular formula is C29H56O6Si. The van der Waals surface area contributed by atoms with Crippen molar-refractivity contribution in [2.75, 3.05) is 13.2 Å². The van der Waals surface area contributed by atoms with Crippen LogP contribution in [0.2, 0.25) is 18.1 Å². The summed E-state index contributed by atoms with van der Waals surface area (Å²) in [4.78, 5) is 11.6. The minimum Gasteiger partial charge on any atom is -0.463 e. The first kappa shape index (κ1) is 31.7. The fourth-order valence-corrected chi connectivity index (χ4v) is 6.20. The van der Waals surface area contributed by atoms with Gasteiger partial charge < -0.3 is 23.7 Å². The van der Waals surface area contributed by atoms with Crippen molar-refractivity contribution in [1.82, 2.24) is 0 Å². The highest BCUT2D eigenvalue weighted by Gasteiger charge is 2.46. The molecule has 7 heteroatoms. The van der Waals surface area contributed by atoms with Gasteiger partial charge in [0.25, 0.3) is 0 Å². The van der Waals surface area contributed by atoms with Crippen LogP contribution in [0, 0.1) is 11.8 Å². The third-order valence-corrected chi connectivity index (χ3v) is 12.9. The average molecular weight is 529 g/mol. The maximum absolute atomic E-state index is 11.6. The highest BCUT2D eigenvalue weighted by Crippen LogP contribution is 2.42. The number of carbonyl (C=O) groups is 1. The summed E-state index contributed by atoms with van der Waals surface area (Å²) in [6, 6.07) is 0. The molecule has 6 nitrogen and oxygen atoms in total. The number of hydrogen-bond acceptors (Lipinski definition) is 6. The molecule has 1 aliphatic carbocycles. The Morgan fingerprint density at radius 1 is 1.03 bits per heavy atom. The van der Waals surface area contributed by atoms with Gasteiger partial charge in [0.15, 0.2) is 14.6 Å². The van der Waals surface area contributed by atoms with Gasteiger partial charge in [0, 0.05) is 32.0 Å². The van der Waals surface area contributed by atoms with Gasteiger partial charge in [-0.3, -0.25) is 4.79 Å². The molecule has 1 N–H and O–H groups in total. The Balaban J connectivity index is 1.81. The van der Waals surface area contributed by atoms with Gasteiger partial charge in [0.05, 0.1) is 18.3 Å². The minimum atomic E-state index is -1.88. The average Bonchev–Trinajstić information content (AvgIpc) is 3.07. The number of hydrogen-bond donors (Lipinski definition) is 1. The monoisotopic (exact) mass is 528 g/mol. The zero-order valence-corrected chi connectivity index (χ0v) is 25.4.